The lowest BCUT2D eigenvalue weighted by Crippen LogP contribution is -2.28. The molecule has 0 spiro atoms. The molecule has 2 aromatic carbocycles. The van der Waals surface area contributed by atoms with Gasteiger partial charge in [-0.1, -0.05) is 24.3 Å². The molecule has 0 radical (unpaired) electrons. The Morgan fingerprint density at radius 3 is 1.33 bits per heavy atom. The maximum Gasteiger partial charge on any atom is 0.167 e. The number of nitrogens with zero attached hydrogens (tertiary/aromatic N) is 8. The van der Waals surface area contributed by atoms with Gasteiger partial charge in [0.25, 0.3) is 0 Å². The highest BCUT2D eigenvalue weighted by Gasteiger charge is 2.30. The monoisotopic (exact) mass is 728 g/mol. The van der Waals surface area contributed by atoms with Crippen LogP contribution in [0.2, 0.25) is 0 Å². The lowest BCUT2D eigenvalue weighted by Gasteiger charge is -2.23. The Morgan fingerprint density at radius 1 is 0.630 bits per heavy atom. The molecule has 0 N–H and O–H groups in total. The van der Waals surface area contributed by atoms with Gasteiger partial charge < -0.3 is 9.47 Å². The largest absolute Gasteiger partial charge is 0.491 e. The molecule has 4 aromatic heterocycles. The van der Waals surface area contributed by atoms with Crippen LogP contribution in [0.5, 0.6) is 11.5 Å². The van der Waals surface area contributed by atoms with Crippen LogP contribution in [-0.2, 0) is 23.7 Å². The van der Waals surface area contributed by atoms with E-state index < -0.39 is 10.8 Å². The summed E-state index contributed by atoms with van der Waals surface area (Å²) in [5.74, 6) is 4.14. The van der Waals surface area contributed by atoms with Gasteiger partial charge in [0.05, 0.1) is 12.1 Å². The summed E-state index contributed by atoms with van der Waals surface area (Å²) in [4.78, 5) is 0. The number of aromatic nitrogens is 6. The molecule has 2 aliphatic carbocycles. The zero-order valence-electron chi connectivity index (χ0n) is 30.9. The second-order valence-corrected chi connectivity index (χ2v) is 15.0. The zero-order chi connectivity index (χ0) is 38.0. The summed E-state index contributed by atoms with van der Waals surface area (Å²) in [6.45, 7) is 7.80. The van der Waals surface area contributed by atoms with Crippen molar-refractivity contribution in [2.24, 2.45) is 11.8 Å². The Kier molecular flexibility index (Phi) is 10.0. The second kappa shape index (κ2) is 14.9. The van der Waals surface area contributed by atoms with Crippen molar-refractivity contribution < 1.29 is 18.3 Å². The van der Waals surface area contributed by atoms with Crippen LogP contribution >= 0.6 is 0 Å². The molecular weight excluding hydrogens is 687 g/mol. The Hall–Kier alpha value is -5.88. The molecule has 4 heterocycles. The van der Waals surface area contributed by atoms with E-state index in [1.54, 1.807) is 38.1 Å². The van der Waals surface area contributed by atoms with Crippen molar-refractivity contribution in [3.8, 4) is 23.6 Å². The van der Waals surface area contributed by atoms with Gasteiger partial charge in [0.2, 0.25) is 0 Å². The highest BCUT2D eigenvalue weighted by molar-refractivity contribution is 5.55. The summed E-state index contributed by atoms with van der Waals surface area (Å²) >= 11 is 0. The van der Waals surface area contributed by atoms with Gasteiger partial charge >= 0.3 is 0 Å². The van der Waals surface area contributed by atoms with Crippen LogP contribution in [0.15, 0.2) is 73.1 Å². The number of pyridine rings is 2. The van der Waals surface area contributed by atoms with Crippen LogP contribution in [0, 0.1) is 60.0 Å². The molecule has 6 aromatic rings. The third-order valence-corrected chi connectivity index (χ3v) is 10.5. The fraction of sp³-hybridized carbons (Fsp3) is 0.381. The summed E-state index contributed by atoms with van der Waals surface area (Å²) < 4.78 is 42.4. The summed E-state index contributed by atoms with van der Waals surface area (Å²) in [5.41, 5.74) is 3.04. The smallest absolute Gasteiger partial charge is 0.167 e. The van der Waals surface area contributed by atoms with Crippen LogP contribution in [0.4, 0.5) is 8.78 Å². The summed E-state index contributed by atoms with van der Waals surface area (Å²) in [5, 5.41) is 36.6. The molecule has 2 fully saturated rings. The second-order valence-electron chi connectivity index (χ2n) is 15.0. The molecule has 2 atom stereocenters. The molecule has 276 valence electrons. The lowest BCUT2D eigenvalue weighted by molar-refractivity contribution is 0.261. The molecule has 12 heteroatoms. The molecule has 8 rings (SSSR count). The van der Waals surface area contributed by atoms with Crippen LogP contribution < -0.4 is 9.47 Å². The minimum absolute atomic E-state index is 0.162. The van der Waals surface area contributed by atoms with Crippen molar-refractivity contribution in [1.82, 2.24) is 29.2 Å². The first-order chi connectivity index (χ1) is 26.0. The number of rotatable bonds is 12. The van der Waals surface area contributed by atoms with E-state index in [2.05, 4.69) is 32.5 Å². The van der Waals surface area contributed by atoms with Crippen LogP contribution in [0.3, 0.4) is 0 Å². The Morgan fingerprint density at radius 2 is 1.00 bits per heavy atom. The van der Waals surface area contributed by atoms with E-state index in [9.17, 15) is 19.3 Å². The number of nitriles is 2. The topological polar surface area (TPSA) is 126 Å². The Balaban J connectivity index is 0.000000167. The molecule has 0 amide bonds. The number of ether oxygens (including phenoxy) is 2. The third kappa shape index (κ3) is 7.74. The van der Waals surface area contributed by atoms with Crippen molar-refractivity contribution in [3.05, 3.63) is 119 Å². The van der Waals surface area contributed by atoms with E-state index in [1.165, 1.54) is 49.9 Å². The van der Waals surface area contributed by atoms with Crippen LogP contribution in [-0.4, -0.2) is 42.4 Å². The average molecular weight is 729 g/mol. The van der Waals surface area contributed by atoms with E-state index in [-0.39, 0.29) is 24.8 Å². The SMILES string of the molecule is Cc1c(OC[C@@](C)(C#N)c2ccc(F)cc2)ccn2c(CC3CC3)nnc12.Cc1c(OC[C@](C)(C#N)c2ccc(F)cc2)ccn2c(CC3CC3)nnc12. The molecule has 10 nitrogen and oxygen atoms in total. The van der Waals surface area contributed by atoms with Crippen molar-refractivity contribution in [2.75, 3.05) is 13.2 Å². The van der Waals surface area contributed by atoms with E-state index >= 15 is 0 Å². The van der Waals surface area contributed by atoms with E-state index in [1.807, 2.05) is 47.2 Å². The van der Waals surface area contributed by atoms with Crippen molar-refractivity contribution in [1.29, 1.82) is 10.5 Å². The lowest BCUT2D eigenvalue weighted by atomic mass is 9.85. The minimum Gasteiger partial charge on any atom is -0.491 e. The van der Waals surface area contributed by atoms with Crippen molar-refractivity contribution in [2.45, 2.75) is 77.0 Å². The average Bonchev–Trinajstić information content (AvgIpc) is 4.10. The normalized spacial score (nSPS) is 16.1. The fourth-order valence-electron chi connectivity index (χ4n) is 6.42. The van der Waals surface area contributed by atoms with Crippen LogP contribution in [0.1, 0.15) is 73.4 Å². The predicted molar refractivity (Wildman–Crippen MR) is 198 cm³/mol. The highest BCUT2D eigenvalue weighted by Crippen LogP contribution is 2.35. The summed E-state index contributed by atoms with van der Waals surface area (Å²) in [6, 6.07) is 20.3. The number of halogens is 2. The van der Waals surface area contributed by atoms with E-state index in [0.29, 0.717) is 11.5 Å². The van der Waals surface area contributed by atoms with Gasteiger partial charge in [-0.15, -0.1) is 20.4 Å². The standard InChI is InChI=1S/2C21H21FN4O/c2*1-14-18(9-10-26-19(11-15-3-4-15)24-25-20(14)26)27-13-21(2,12-23)16-5-7-17(22)8-6-16/h2*5-10,15H,3-4,11,13H2,1-2H3/t2*21-/m10/s1. The number of aryl methyl sites for hydroxylation is 2. The molecule has 0 aliphatic heterocycles. The molecule has 0 saturated heterocycles. The van der Waals surface area contributed by atoms with Gasteiger partial charge in [-0.3, -0.25) is 8.80 Å². The molecule has 0 unspecified atom stereocenters. The predicted octanol–water partition coefficient (Wildman–Crippen LogP) is 7.98. The van der Waals surface area contributed by atoms with Crippen molar-refractivity contribution >= 4 is 11.3 Å². The van der Waals surface area contributed by atoms with Gasteiger partial charge in [0, 0.05) is 36.4 Å². The highest BCUT2D eigenvalue weighted by atomic mass is 19.1. The quantitative estimate of drug-likeness (QED) is 0.124. The molecule has 2 saturated carbocycles. The number of benzene rings is 2. The third-order valence-electron chi connectivity index (χ3n) is 10.5. The number of hydrogen-bond acceptors (Lipinski definition) is 8. The molecular formula is C42H42F2N8O2. The first kappa shape index (κ1) is 36.5. The molecule has 54 heavy (non-hydrogen) atoms. The molecule has 0 bridgehead atoms. The summed E-state index contributed by atoms with van der Waals surface area (Å²) in [6.07, 6.45) is 10.8. The molecule has 2 aliphatic rings. The van der Waals surface area contributed by atoms with Gasteiger partial charge in [0.15, 0.2) is 11.3 Å². The maximum atomic E-state index is 13.2. The summed E-state index contributed by atoms with van der Waals surface area (Å²) in [7, 11) is 0. The van der Waals surface area contributed by atoms with E-state index in [4.69, 9.17) is 9.47 Å². The van der Waals surface area contributed by atoms with Gasteiger partial charge in [0.1, 0.15) is 58.8 Å². The van der Waals surface area contributed by atoms with Gasteiger partial charge in [-0.25, -0.2) is 8.78 Å². The van der Waals surface area contributed by atoms with Gasteiger partial charge in [-0.05, 0) is 113 Å². The minimum atomic E-state index is -0.878. The van der Waals surface area contributed by atoms with E-state index in [0.717, 1.165) is 69.9 Å². The number of fused-ring (bicyclic) bond motifs is 2. The van der Waals surface area contributed by atoms with Crippen LogP contribution in [0.25, 0.3) is 11.3 Å². The maximum absolute atomic E-state index is 13.2. The first-order valence-corrected chi connectivity index (χ1v) is 18.3. The Bertz CT molecular complexity index is 2200. The van der Waals surface area contributed by atoms with Gasteiger partial charge in [-0.2, -0.15) is 10.5 Å². The Labute approximate surface area is 313 Å². The number of hydrogen-bond donors (Lipinski definition) is 0. The fourth-order valence-corrected chi connectivity index (χ4v) is 6.42. The first-order valence-electron chi connectivity index (χ1n) is 18.3. The zero-order valence-corrected chi connectivity index (χ0v) is 30.9. The van der Waals surface area contributed by atoms with Crippen molar-refractivity contribution in [3.63, 3.8) is 0 Å².